The number of amides is 3. The van der Waals surface area contributed by atoms with Crippen molar-refractivity contribution < 1.29 is 24.2 Å². The predicted molar refractivity (Wildman–Crippen MR) is 151 cm³/mol. The molecule has 3 aromatic carbocycles. The number of nitrogens with zero attached hydrogens (tertiary/aromatic N) is 1. The molecule has 3 aliphatic rings. The van der Waals surface area contributed by atoms with Gasteiger partial charge in [0.15, 0.2) is 0 Å². The Morgan fingerprint density at radius 2 is 1.73 bits per heavy atom. The van der Waals surface area contributed by atoms with Crippen LogP contribution in [0, 0.1) is 11.8 Å². The number of carbonyl (C=O) groups excluding carboxylic acids is 3. The van der Waals surface area contributed by atoms with Gasteiger partial charge >= 0.3 is 0 Å². The van der Waals surface area contributed by atoms with Gasteiger partial charge in [0.2, 0.25) is 17.7 Å². The Hall–Kier alpha value is -3.75. The zero-order valence-electron chi connectivity index (χ0n) is 22.4. The van der Waals surface area contributed by atoms with Gasteiger partial charge in [0.05, 0.1) is 17.9 Å². The van der Waals surface area contributed by atoms with Crippen molar-refractivity contribution in [3.8, 4) is 0 Å². The first kappa shape index (κ1) is 26.5. The van der Waals surface area contributed by atoms with E-state index in [0.29, 0.717) is 44.5 Å². The molecule has 3 aliphatic heterocycles. The van der Waals surface area contributed by atoms with E-state index in [4.69, 9.17) is 4.74 Å². The van der Waals surface area contributed by atoms with E-state index in [1.165, 1.54) is 0 Å². The highest BCUT2D eigenvalue weighted by atomic mass is 16.5. The molecule has 3 aromatic rings. The number of aliphatic hydroxyl groups is 1. The molecule has 3 amide bonds. The Bertz CT molecular complexity index is 1410. The maximum atomic E-state index is 14.0. The van der Waals surface area contributed by atoms with Crippen molar-refractivity contribution in [3.63, 3.8) is 0 Å². The molecule has 8 nitrogen and oxygen atoms in total. The van der Waals surface area contributed by atoms with Gasteiger partial charge < -0.3 is 25.4 Å². The third-order valence-corrected chi connectivity index (χ3v) is 8.73. The first-order chi connectivity index (χ1) is 19.5. The number of benzene rings is 3. The third-order valence-electron chi connectivity index (χ3n) is 8.73. The lowest BCUT2D eigenvalue weighted by molar-refractivity contribution is -0.141. The summed E-state index contributed by atoms with van der Waals surface area (Å²) in [4.78, 5) is 43.1. The highest BCUT2D eigenvalue weighted by Gasteiger charge is 2.74. The quantitative estimate of drug-likeness (QED) is 0.340. The van der Waals surface area contributed by atoms with Crippen LogP contribution in [-0.4, -0.2) is 58.6 Å². The number of aliphatic hydroxyl groups excluding tert-OH is 1. The Morgan fingerprint density at radius 1 is 0.950 bits per heavy atom. The fourth-order valence-corrected chi connectivity index (χ4v) is 6.95. The molecule has 0 aliphatic carbocycles. The van der Waals surface area contributed by atoms with Crippen LogP contribution < -0.4 is 10.6 Å². The third kappa shape index (κ3) is 4.65. The van der Waals surface area contributed by atoms with E-state index in [0.717, 1.165) is 22.8 Å². The normalized spacial score (nSPS) is 26.7. The van der Waals surface area contributed by atoms with Gasteiger partial charge in [-0.2, -0.15) is 0 Å². The second-order valence-electron chi connectivity index (χ2n) is 11.1. The van der Waals surface area contributed by atoms with E-state index in [1.807, 2.05) is 72.8 Å². The highest BCUT2D eigenvalue weighted by Crippen LogP contribution is 2.58. The molecule has 0 aromatic heterocycles. The van der Waals surface area contributed by atoms with E-state index in [2.05, 4.69) is 10.6 Å². The van der Waals surface area contributed by atoms with Crippen molar-refractivity contribution in [1.29, 1.82) is 0 Å². The van der Waals surface area contributed by atoms with E-state index >= 15 is 0 Å². The number of anilines is 1. The standard InChI is InChI=1S/C32H35N3O5/c36-18-8-2-7-17-35-28(30(38)34-24-14-13-22-11-5-6-12-23(22)19-24)32-16-15-25(40-32)26(27(32)31(35)39)29(37)33-20-21-9-3-1-4-10-21/h1,3-6,9-14,19,25-28,36H,2,7-8,15-18,20H2,(H,33,37)(H,34,38)/t25-,26+,27-,28?,32?/m0/s1. The fraction of sp³-hybridized carbons (Fsp3) is 0.406. The van der Waals surface area contributed by atoms with Crippen molar-refractivity contribution in [3.05, 3.63) is 78.4 Å². The van der Waals surface area contributed by atoms with Crippen LogP contribution in [0.1, 0.15) is 37.7 Å². The number of carbonyl (C=O) groups is 3. The highest BCUT2D eigenvalue weighted by molar-refractivity contribution is 6.04. The number of rotatable bonds is 10. The van der Waals surface area contributed by atoms with Crippen LogP contribution >= 0.6 is 0 Å². The lowest BCUT2D eigenvalue weighted by Crippen LogP contribution is -2.53. The molecule has 2 unspecified atom stereocenters. The van der Waals surface area contributed by atoms with E-state index < -0.39 is 29.6 Å². The average molecular weight is 542 g/mol. The number of likely N-dealkylation sites (tertiary alicyclic amines) is 1. The Morgan fingerprint density at radius 3 is 2.52 bits per heavy atom. The molecule has 40 heavy (non-hydrogen) atoms. The summed E-state index contributed by atoms with van der Waals surface area (Å²) in [6.07, 6.45) is 2.82. The maximum Gasteiger partial charge on any atom is 0.250 e. The van der Waals surface area contributed by atoms with Crippen molar-refractivity contribution in [1.82, 2.24) is 10.2 Å². The number of nitrogens with one attached hydrogen (secondary N) is 2. The van der Waals surface area contributed by atoms with Crippen molar-refractivity contribution in [2.45, 2.75) is 56.4 Å². The summed E-state index contributed by atoms with van der Waals surface area (Å²) in [5.41, 5.74) is 0.598. The van der Waals surface area contributed by atoms with Crippen LogP contribution in [0.4, 0.5) is 5.69 Å². The minimum atomic E-state index is -1.03. The monoisotopic (exact) mass is 541 g/mol. The topological polar surface area (TPSA) is 108 Å². The largest absolute Gasteiger partial charge is 0.396 e. The molecule has 3 saturated heterocycles. The lowest BCUT2D eigenvalue weighted by Gasteiger charge is -2.33. The first-order valence-corrected chi connectivity index (χ1v) is 14.2. The first-order valence-electron chi connectivity index (χ1n) is 14.2. The average Bonchev–Trinajstić information content (AvgIpc) is 3.62. The van der Waals surface area contributed by atoms with Gasteiger partial charge in [0.1, 0.15) is 11.6 Å². The molecule has 208 valence electrons. The number of hydrogen-bond acceptors (Lipinski definition) is 5. The molecule has 6 rings (SSSR count). The zero-order valence-corrected chi connectivity index (χ0v) is 22.4. The summed E-state index contributed by atoms with van der Waals surface area (Å²) in [6.45, 7) is 0.827. The van der Waals surface area contributed by atoms with Gasteiger partial charge in [-0.1, -0.05) is 60.7 Å². The Labute approximate surface area is 233 Å². The molecule has 8 heteroatoms. The molecular weight excluding hydrogens is 506 g/mol. The summed E-state index contributed by atoms with van der Waals surface area (Å²) in [7, 11) is 0. The Balaban J connectivity index is 1.26. The van der Waals surface area contributed by atoms with E-state index in [1.54, 1.807) is 4.90 Å². The number of fused-ring (bicyclic) bond motifs is 2. The molecular formula is C32H35N3O5. The molecule has 1 spiro atoms. The van der Waals surface area contributed by atoms with Gasteiger partial charge in [-0.25, -0.2) is 0 Å². The molecule has 3 fully saturated rings. The molecule has 3 heterocycles. The van der Waals surface area contributed by atoms with Gasteiger partial charge in [0.25, 0.3) is 0 Å². The molecule has 2 bridgehead atoms. The van der Waals surface area contributed by atoms with Crippen LogP contribution in [0.2, 0.25) is 0 Å². The van der Waals surface area contributed by atoms with Crippen LogP contribution in [0.25, 0.3) is 10.8 Å². The molecule has 3 N–H and O–H groups in total. The van der Waals surface area contributed by atoms with Crippen molar-refractivity contribution >= 4 is 34.2 Å². The van der Waals surface area contributed by atoms with Crippen LogP contribution in [0.5, 0.6) is 0 Å². The van der Waals surface area contributed by atoms with E-state index in [9.17, 15) is 19.5 Å². The minimum absolute atomic E-state index is 0.0842. The SMILES string of the molecule is O=C(Nc1ccc2ccccc2c1)C1N(CCCCCO)C(=O)[C@@H]2[C@H](C(=O)NCc3ccccc3)[C@@H]3CCC12O3. The minimum Gasteiger partial charge on any atom is -0.396 e. The summed E-state index contributed by atoms with van der Waals surface area (Å²) in [5, 5.41) is 17.4. The number of ether oxygens (including phenoxy) is 1. The van der Waals surface area contributed by atoms with Crippen LogP contribution in [0.3, 0.4) is 0 Å². The number of hydrogen-bond donors (Lipinski definition) is 3. The fourth-order valence-electron chi connectivity index (χ4n) is 6.95. The van der Waals surface area contributed by atoms with Crippen LogP contribution in [0.15, 0.2) is 72.8 Å². The summed E-state index contributed by atoms with van der Waals surface area (Å²) in [5.74, 6) is -2.02. The van der Waals surface area contributed by atoms with Crippen molar-refractivity contribution in [2.75, 3.05) is 18.5 Å². The van der Waals surface area contributed by atoms with E-state index in [-0.39, 0.29) is 24.3 Å². The molecule has 5 atom stereocenters. The Kier molecular flexibility index (Phi) is 7.29. The molecule has 0 saturated carbocycles. The molecule has 0 radical (unpaired) electrons. The number of unbranched alkanes of at least 4 members (excludes halogenated alkanes) is 2. The predicted octanol–water partition coefficient (Wildman–Crippen LogP) is 3.63. The maximum absolute atomic E-state index is 14.0. The summed E-state index contributed by atoms with van der Waals surface area (Å²) < 4.78 is 6.52. The lowest BCUT2D eigenvalue weighted by atomic mass is 9.70. The van der Waals surface area contributed by atoms with Gasteiger partial charge in [-0.15, -0.1) is 0 Å². The second-order valence-corrected chi connectivity index (χ2v) is 11.1. The smallest absolute Gasteiger partial charge is 0.250 e. The summed E-state index contributed by atoms with van der Waals surface area (Å²) >= 11 is 0. The summed E-state index contributed by atoms with van der Waals surface area (Å²) in [6, 6.07) is 22.5. The van der Waals surface area contributed by atoms with Gasteiger partial charge in [-0.3, -0.25) is 14.4 Å². The van der Waals surface area contributed by atoms with Crippen molar-refractivity contribution in [2.24, 2.45) is 11.8 Å². The van der Waals surface area contributed by atoms with Gasteiger partial charge in [-0.05, 0) is 60.6 Å². The zero-order chi connectivity index (χ0) is 27.7. The second kappa shape index (κ2) is 11.0. The van der Waals surface area contributed by atoms with Crippen LogP contribution in [-0.2, 0) is 25.7 Å². The van der Waals surface area contributed by atoms with Gasteiger partial charge in [0, 0.05) is 25.4 Å².